The molecule has 0 saturated carbocycles. The highest BCUT2D eigenvalue weighted by Crippen LogP contribution is 2.26. The van der Waals surface area contributed by atoms with Crippen molar-refractivity contribution in [2.24, 2.45) is 0 Å². The molecule has 2 N–H and O–H groups in total. The Bertz CT molecular complexity index is 1100. The lowest BCUT2D eigenvalue weighted by Crippen LogP contribution is -2.21. The average Bonchev–Trinajstić information content (AvgIpc) is 3.11. The summed E-state index contributed by atoms with van der Waals surface area (Å²) in [6, 6.07) is 11.8. The van der Waals surface area contributed by atoms with Crippen LogP contribution in [0.3, 0.4) is 0 Å². The summed E-state index contributed by atoms with van der Waals surface area (Å²) in [5.74, 6) is 1.31. The number of amides is 1. The maximum absolute atomic E-state index is 12.6. The van der Waals surface area contributed by atoms with Gasteiger partial charge >= 0.3 is 0 Å². The molecule has 8 heteroatoms. The molecule has 1 aromatic carbocycles. The fourth-order valence-corrected chi connectivity index (χ4v) is 3.59. The number of hydrogen-bond acceptors (Lipinski definition) is 5. The quantitative estimate of drug-likeness (QED) is 0.583. The third-order valence-corrected chi connectivity index (χ3v) is 5.68. The summed E-state index contributed by atoms with van der Waals surface area (Å²) >= 11 is 1.63. The number of anilines is 1. The average molecular weight is 426 g/mol. The summed E-state index contributed by atoms with van der Waals surface area (Å²) in [4.78, 5) is 33.1. The van der Waals surface area contributed by atoms with Crippen LogP contribution in [0.5, 0.6) is 0 Å². The number of aryl methyl sites for hydroxylation is 1. The molecular weight excluding hydrogens is 398 g/mol. The predicted molar refractivity (Wildman–Crippen MR) is 121 cm³/mol. The molecule has 0 aliphatic carbocycles. The lowest BCUT2D eigenvalue weighted by molar-refractivity contribution is -0.115. The van der Waals surface area contributed by atoms with Crippen molar-refractivity contribution in [1.29, 1.82) is 0 Å². The molecule has 3 rings (SSSR count). The molecule has 30 heavy (non-hydrogen) atoms. The number of H-pyrrole nitrogens is 1. The topological polar surface area (TPSA) is 92.7 Å². The molecule has 0 aliphatic heterocycles. The van der Waals surface area contributed by atoms with Gasteiger partial charge in [0.15, 0.2) is 0 Å². The molecule has 2 heterocycles. The molecule has 0 aliphatic rings. The molecule has 0 radical (unpaired) electrons. The van der Waals surface area contributed by atoms with Crippen LogP contribution in [0.1, 0.15) is 44.1 Å². The molecule has 0 fully saturated rings. The Balaban J connectivity index is 1.82. The van der Waals surface area contributed by atoms with Crippen LogP contribution in [0.4, 0.5) is 5.82 Å². The molecule has 0 spiro atoms. The van der Waals surface area contributed by atoms with Gasteiger partial charge in [0, 0.05) is 39.8 Å². The van der Waals surface area contributed by atoms with Crippen LogP contribution in [-0.2, 0) is 10.2 Å². The van der Waals surface area contributed by atoms with Crippen LogP contribution in [0.25, 0.3) is 5.95 Å². The van der Waals surface area contributed by atoms with E-state index in [1.807, 2.05) is 57.2 Å². The number of rotatable bonds is 6. The van der Waals surface area contributed by atoms with Gasteiger partial charge in [-0.15, -0.1) is 11.8 Å². The van der Waals surface area contributed by atoms with E-state index in [0.717, 1.165) is 10.6 Å². The number of hydrogen-bond donors (Lipinski definition) is 2. The van der Waals surface area contributed by atoms with Crippen molar-refractivity contribution in [3.05, 3.63) is 63.7 Å². The SMILES string of the molecule is Cc1nc(-n2nc(C(C)(C)C)cc2NC(=O)CCSc2ccccc2)[nH]c(=O)c1C. The van der Waals surface area contributed by atoms with E-state index >= 15 is 0 Å². The molecular formula is C22H27N5O2S. The second-order valence-electron chi connectivity index (χ2n) is 8.14. The molecule has 0 saturated heterocycles. The summed E-state index contributed by atoms with van der Waals surface area (Å²) in [7, 11) is 0. The first-order valence-corrected chi connectivity index (χ1v) is 10.8. The monoisotopic (exact) mass is 425 g/mol. The number of benzene rings is 1. The van der Waals surface area contributed by atoms with Gasteiger partial charge in [-0.1, -0.05) is 39.0 Å². The van der Waals surface area contributed by atoms with Gasteiger partial charge in [0.05, 0.1) is 5.69 Å². The predicted octanol–water partition coefficient (Wildman–Crippen LogP) is 3.99. The van der Waals surface area contributed by atoms with Crippen molar-refractivity contribution >= 4 is 23.5 Å². The first kappa shape index (κ1) is 21.8. The third-order valence-electron chi connectivity index (χ3n) is 4.67. The first-order valence-electron chi connectivity index (χ1n) is 9.81. The van der Waals surface area contributed by atoms with Crippen molar-refractivity contribution in [3.8, 4) is 5.95 Å². The second kappa shape index (κ2) is 8.87. The van der Waals surface area contributed by atoms with E-state index in [4.69, 9.17) is 0 Å². The molecule has 0 unspecified atom stereocenters. The maximum atomic E-state index is 12.6. The first-order chi connectivity index (χ1) is 14.1. The fraction of sp³-hybridized carbons (Fsp3) is 0.364. The van der Waals surface area contributed by atoms with Gasteiger partial charge in [-0.05, 0) is 26.0 Å². The van der Waals surface area contributed by atoms with E-state index in [-0.39, 0.29) is 22.8 Å². The Morgan fingerprint density at radius 2 is 1.90 bits per heavy atom. The number of carbonyl (C=O) groups excluding carboxylic acids is 1. The van der Waals surface area contributed by atoms with E-state index < -0.39 is 0 Å². The summed E-state index contributed by atoms with van der Waals surface area (Å²) in [6.07, 6.45) is 0.354. The van der Waals surface area contributed by atoms with Crippen LogP contribution in [-0.4, -0.2) is 31.4 Å². The Morgan fingerprint density at radius 3 is 2.53 bits per heavy atom. The van der Waals surface area contributed by atoms with E-state index in [0.29, 0.717) is 29.2 Å². The molecule has 1 amide bonds. The number of aromatic amines is 1. The summed E-state index contributed by atoms with van der Waals surface area (Å²) < 4.78 is 1.50. The van der Waals surface area contributed by atoms with Gasteiger partial charge in [0.25, 0.3) is 5.56 Å². The second-order valence-corrected chi connectivity index (χ2v) is 9.30. The number of aromatic nitrogens is 4. The molecule has 158 valence electrons. The fourth-order valence-electron chi connectivity index (χ4n) is 2.71. The summed E-state index contributed by atoms with van der Waals surface area (Å²) in [5.41, 5.74) is 1.52. The lowest BCUT2D eigenvalue weighted by Gasteiger charge is -2.14. The molecule has 7 nitrogen and oxygen atoms in total. The van der Waals surface area contributed by atoms with Crippen molar-refractivity contribution in [1.82, 2.24) is 19.7 Å². The van der Waals surface area contributed by atoms with Crippen molar-refractivity contribution in [2.45, 2.75) is 51.3 Å². The van der Waals surface area contributed by atoms with Crippen LogP contribution in [0.15, 0.2) is 46.1 Å². The highest BCUT2D eigenvalue weighted by molar-refractivity contribution is 7.99. The zero-order valence-corrected chi connectivity index (χ0v) is 18.8. The Labute approximate surface area is 180 Å². The summed E-state index contributed by atoms with van der Waals surface area (Å²) in [6.45, 7) is 9.62. The van der Waals surface area contributed by atoms with Gasteiger partial charge in [-0.25, -0.2) is 4.98 Å². The molecule has 0 bridgehead atoms. The molecule has 2 aromatic heterocycles. The minimum absolute atomic E-state index is 0.119. The van der Waals surface area contributed by atoms with Crippen molar-refractivity contribution < 1.29 is 4.79 Å². The van der Waals surface area contributed by atoms with Crippen molar-refractivity contribution in [2.75, 3.05) is 11.1 Å². The number of thioether (sulfide) groups is 1. The zero-order chi connectivity index (χ0) is 21.9. The Kier molecular flexibility index (Phi) is 6.45. The molecule has 3 aromatic rings. The van der Waals surface area contributed by atoms with Crippen LogP contribution >= 0.6 is 11.8 Å². The minimum Gasteiger partial charge on any atom is -0.310 e. The number of nitrogens with zero attached hydrogens (tertiary/aromatic N) is 3. The standard InChI is InChI=1S/C22H27N5O2S/c1-14-15(2)23-21(25-20(14)29)27-18(13-17(26-27)22(3,4)5)24-19(28)11-12-30-16-9-7-6-8-10-16/h6-10,13H,11-12H2,1-5H3,(H,24,28)(H,23,25,29). The normalized spacial score (nSPS) is 11.5. The van der Waals surface area contributed by atoms with Crippen molar-refractivity contribution in [3.63, 3.8) is 0 Å². The zero-order valence-electron chi connectivity index (χ0n) is 17.9. The van der Waals surface area contributed by atoms with Gasteiger partial charge in [0.1, 0.15) is 5.82 Å². The minimum atomic E-state index is -0.228. The van der Waals surface area contributed by atoms with E-state index in [1.165, 1.54) is 4.68 Å². The van der Waals surface area contributed by atoms with Gasteiger partial charge in [-0.2, -0.15) is 9.78 Å². The van der Waals surface area contributed by atoms with E-state index in [1.54, 1.807) is 25.6 Å². The van der Waals surface area contributed by atoms with Crippen LogP contribution < -0.4 is 10.9 Å². The smallest absolute Gasteiger partial charge is 0.255 e. The van der Waals surface area contributed by atoms with Crippen LogP contribution in [0, 0.1) is 13.8 Å². The maximum Gasteiger partial charge on any atom is 0.255 e. The Hall–Kier alpha value is -2.87. The Morgan fingerprint density at radius 1 is 1.20 bits per heavy atom. The van der Waals surface area contributed by atoms with Crippen LogP contribution in [0.2, 0.25) is 0 Å². The van der Waals surface area contributed by atoms with E-state index in [2.05, 4.69) is 20.4 Å². The van der Waals surface area contributed by atoms with E-state index in [9.17, 15) is 9.59 Å². The highest BCUT2D eigenvalue weighted by Gasteiger charge is 2.22. The van der Waals surface area contributed by atoms with Gasteiger partial charge < -0.3 is 5.32 Å². The lowest BCUT2D eigenvalue weighted by atomic mass is 9.92. The number of carbonyl (C=O) groups is 1. The van der Waals surface area contributed by atoms with Gasteiger partial charge in [-0.3, -0.25) is 14.6 Å². The molecule has 0 atom stereocenters. The third kappa shape index (κ3) is 5.18. The highest BCUT2D eigenvalue weighted by atomic mass is 32.2. The summed E-state index contributed by atoms with van der Waals surface area (Å²) in [5, 5.41) is 7.54. The van der Waals surface area contributed by atoms with Gasteiger partial charge in [0.2, 0.25) is 11.9 Å². The number of nitrogens with one attached hydrogen (secondary N) is 2. The largest absolute Gasteiger partial charge is 0.310 e.